The van der Waals surface area contributed by atoms with E-state index in [1.54, 1.807) is 18.3 Å². The molecule has 1 saturated heterocycles. The quantitative estimate of drug-likeness (QED) is 0.681. The molecule has 1 amide bonds. The molecule has 7 nitrogen and oxygen atoms in total. The molecule has 1 saturated carbocycles. The number of pyridine rings is 1. The van der Waals surface area contributed by atoms with Crippen LogP contribution in [0.15, 0.2) is 18.3 Å². The van der Waals surface area contributed by atoms with Crippen LogP contribution in [0.25, 0.3) is 0 Å². The molecule has 170 valence electrons. The first-order valence-electron chi connectivity index (χ1n) is 10.5. The molecule has 2 heterocycles. The molecule has 10 heteroatoms. The van der Waals surface area contributed by atoms with Crippen molar-refractivity contribution < 1.29 is 32.2 Å². The number of likely N-dealkylation sites (tertiary alicyclic amines) is 1. The van der Waals surface area contributed by atoms with E-state index in [0.29, 0.717) is 31.7 Å². The van der Waals surface area contributed by atoms with Crippen LogP contribution in [0.4, 0.5) is 18.0 Å². The van der Waals surface area contributed by atoms with Crippen LogP contribution >= 0.6 is 0 Å². The average Bonchev–Trinajstić information content (AvgIpc) is 2.75. The monoisotopic (exact) mass is 441 g/mol. The minimum absolute atomic E-state index is 0.00314. The van der Waals surface area contributed by atoms with E-state index in [1.165, 1.54) is 4.90 Å². The second-order valence-electron chi connectivity index (χ2n) is 7.87. The Labute approximate surface area is 179 Å². The maximum atomic E-state index is 12.5. The average molecular weight is 441 g/mol. The fourth-order valence-electron chi connectivity index (χ4n) is 3.77. The van der Waals surface area contributed by atoms with Crippen molar-refractivity contribution in [2.45, 2.75) is 76.0 Å². The minimum Gasteiger partial charge on any atom is -0.487 e. The van der Waals surface area contributed by atoms with Crippen LogP contribution in [0.3, 0.4) is 0 Å². The first kappa shape index (κ1) is 23.1. The van der Waals surface area contributed by atoms with Gasteiger partial charge in [0.05, 0.1) is 18.3 Å². The molecular weight excluding hydrogens is 415 g/mol. The van der Waals surface area contributed by atoms with Crippen LogP contribution in [0.2, 0.25) is 0 Å². The van der Waals surface area contributed by atoms with Crippen LogP contribution in [-0.4, -0.2) is 59.7 Å². The number of aromatic nitrogens is 1. The smallest absolute Gasteiger partial charge is 0.425 e. The van der Waals surface area contributed by atoms with Gasteiger partial charge in [-0.25, -0.2) is 9.78 Å². The first-order chi connectivity index (χ1) is 14.8. The summed E-state index contributed by atoms with van der Waals surface area (Å²) in [5, 5.41) is 9.11. The Morgan fingerprint density at radius 1 is 1.16 bits per heavy atom. The van der Waals surface area contributed by atoms with Gasteiger partial charge in [-0.3, -0.25) is 0 Å². The number of piperidine rings is 1. The number of carbonyl (C=O) groups excluding carboxylic acids is 1. The van der Waals surface area contributed by atoms with E-state index >= 15 is 0 Å². The maximum Gasteiger partial charge on any atom is 0.425 e. The first-order valence-corrected chi connectivity index (χ1v) is 10.5. The lowest BCUT2D eigenvalue weighted by Crippen LogP contribution is -2.44. The summed E-state index contributed by atoms with van der Waals surface area (Å²) < 4.78 is 54.2. The van der Waals surface area contributed by atoms with E-state index in [9.17, 15) is 18.0 Å². The second kappa shape index (κ2) is 10.2. The predicted molar refractivity (Wildman–Crippen MR) is 103 cm³/mol. The molecule has 1 aliphatic carbocycles. The van der Waals surface area contributed by atoms with E-state index in [1.807, 2.05) is 6.07 Å². The van der Waals surface area contributed by atoms with Crippen molar-refractivity contribution in [3.8, 4) is 11.8 Å². The van der Waals surface area contributed by atoms with Gasteiger partial charge in [-0.2, -0.15) is 18.4 Å². The molecule has 1 aromatic heterocycles. The summed E-state index contributed by atoms with van der Waals surface area (Å²) >= 11 is 0. The molecular formula is C21H26F3N3O4. The van der Waals surface area contributed by atoms with E-state index in [2.05, 4.69) is 9.72 Å². The largest absolute Gasteiger partial charge is 0.487 e. The van der Waals surface area contributed by atoms with Crippen LogP contribution in [0.5, 0.6) is 5.75 Å². The van der Waals surface area contributed by atoms with E-state index < -0.39 is 18.4 Å². The number of nitriles is 1. The molecule has 0 radical (unpaired) electrons. The Morgan fingerprint density at radius 2 is 1.77 bits per heavy atom. The van der Waals surface area contributed by atoms with Crippen molar-refractivity contribution in [1.82, 2.24) is 9.88 Å². The van der Waals surface area contributed by atoms with Gasteiger partial charge in [0.25, 0.3) is 0 Å². The molecule has 0 unspecified atom stereocenters. The number of hydrogen-bond donors (Lipinski definition) is 0. The van der Waals surface area contributed by atoms with Gasteiger partial charge < -0.3 is 19.1 Å². The Kier molecular flexibility index (Phi) is 7.59. The van der Waals surface area contributed by atoms with Gasteiger partial charge in [-0.05, 0) is 57.6 Å². The highest BCUT2D eigenvalue weighted by Crippen LogP contribution is 2.29. The van der Waals surface area contributed by atoms with E-state index in [0.717, 1.165) is 32.6 Å². The Bertz CT molecular complexity index is 783. The number of rotatable bonds is 5. The van der Waals surface area contributed by atoms with Crippen molar-refractivity contribution in [1.29, 1.82) is 5.26 Å². The molecule has 1 aliphatic heterocycles. The van der Waals surface area contributed by atoms with E-state index in [4.69, 9.17) is 14.7 Å². The second-order valence-corrected chi connectivity index (χ2v) is 7.87. The highest BCUT2D eigenvalue weighted by molar-refractivity contribution is 5.68. The molecule has 1 atom stereocenters. The fourth-order valence-corrected chi connectivity index (χ4v) is 3.77. The molecule has 0 spiro atoms. The van der Waals surface area contributed by atoms with Gasteiger partial charge in [0.15, 0.2) is 17.5 Å². The van der Waals surface area contributed by atoms with Crippen molar-refractivity contribution in [3.05, 3.63) is 24.0 Å². The number of hydrogen-bond acceptors (Lipinski definition) is 6. The van der Waals surface area contributed by atoms with Crippen molar-refractivity contribution in [3.63, 3.8) is 0 Å². The number of amides is 1. The van der Waals surface area contributed by atoms with E-state index in [-0.39, 0.29) is 24.0 Å². The van der Waals surface area contributed by atoms with Crippen LogP contribution in [0, 0.1) is 11.3 Å². The summed E-state index contributed by atoms with van der Waals surface area (Å²) in [5.74, 6) is 0.494. The number of ether oxygens (including phenoxy) is 3. The zero-order valence-electron chi connectivity index (χ0n) is 17.3. The molecule has 0 N–H and O–H groups in total. The zero-order valence-corrected chi connectivity index (χ0v) is 17.3. The highest BCUT2D eigenvalue weighted by Gasteiger charge is 2.40. The van der Waals surface area contributed by atoms with Gasteiger partial charge in [0, 0.05) is 19.3 Å². The third kappa shape index (κ3) is 6.47. The molecule has 3 rings (SSSR count). The van der Waals surface area contributed by atoms with Crippen molar-refractivity contribution >= 4 is 6.09 Å². The molecule has 1 aromatic rings. The molecule has 2 aliphatic rings. The summed E-state index contributed by atoms with van der Waals surface area (Å²) in [4.78, 5) is 17.2. The Hall–Kier alpha value is -2.54. The molecule has 0 bridgehead atoms. The van der Waals surface area contributed by atoms with Crippen molar-refractivity contribution in [2.75, 3.05) is 13.1 Å². The normalized spacial score (nSPS) is 23.6. The topological polar surface area (TPSA) is 84.7 Å². The lowest BCUT2D eigenvalue weighted by molar-refractivity contribution is -0.200. The zero-order chi connectivity index (χ0) is 22.4. The third-order valence-corrected chi connectivity index (χ3v) is 5.62. The summed E-state index contributed by atoms with van der Waals surface area (Å²) in [6.45, 7) is 1.44. The molecule has 0 aromatic carbocycles. The Balaban J connectivity index is 1.37. The highest BCUT2D eigenvalue weighted by atomic mass is 19.4. The fraction of sp³-hybridized carbons (Fsp3) is 0.667. The summed E-state index contributed by atoms with van der Waals surface area (Å²) in [6, 6.07) is 5.50. The SMILES string of the molecule is C[C@H](OC(=O)N1CCC(OC2CCC(Oc3cccnc3C#N)CC2)CC1)C(F)(F)F. The van der Waals surface area contributed by atoms with Gasteiger partial charge >= 0.3 is 12.3 Å². The predicted octanol–water partition coefficient (Wildman–Crippen LogP) is 4.21. The van der Waals surface area contributed by atoms with Crippen LogP contribution in [-0.2, 0) is 9.47 Å². The van der Waals surface area contributed by atoms with Crippen LogP contribution in [0.1, 0.15) is 51.1 Å². The summed E-state index contributed by atoms with van der Waals surface area (Å²) in [7, 11) is 0. The van der Waals surface area contributed by atoms with Crippen LogP contribution < -0.4 is 4.74 Å². The lowest BCUT2D eigenvalue weighted by Gasteiger charge is -2.36. The summed E-state index contributed by atoms with van der Waals surface area (Å²) in [6.07, 6.45) is -1.66. The maximum absolute atomic E-state index is 12.5. The molecule has 31 heavy (non-hydrogen) atoms. The number of halogens is 3. The number of nitrogens with zero attached hydrogens (tertiary/aromatic N) is 3. The van der Waals surface area contributed by atoms with Crippen molar-refractivity contribution in [2.24, 2.45) is 0 Å². The van der Waals surface area contributed by atoms with Gasteiger partial charge in [0.1, 0.15) is 6.07 Å². The van der Waals surface area contributed by atoms with Gasteiger partial charge in [0.2, 0.25) is 0 Å². The number of carbonyl (C=O) groups is 1. The summed E-state index contributed by atoms with van der Waals surface area (Å²) in [5.41, 5.74) is 0.274. The standard InChI is InChI=1S/C21H26F3N3O4/c1-14(21(22,23)24)29-20(28)27-11-8-17(9-12-27)30-15-4-6-16(7-5-15)31-19-3-2-10-26-18(19)13-25/h2-3,10,14-17H,4-9,11-12H2,1H3/t14-,15?,16?/m0/s1. The number of alkyl halides is 3. The lowest BCUT2D eigenvalue weighted by atomic mass is 9.94. The third-order valence-electron chi connectivity index (χ3n) is 5.62. The van der Waals surface area contributed by atoms with Gasteiger partial charge in [-0.15, -0.1) is 0 Å². The molecule has 2 fully saturated rings. The van der Waals surface area contributed by atoms with Gasteiger partial charge in [-0.1, -0.05) is 0 Å². The minimum atomic E-state index is -4.56. The Morgan fingerprint density at radius 3 is 2.39 bits per heavy atom.